The van der Waals surface area contributed by atoms with E-state index in [4.69, 9.17) is 10.4 Å². The van der Waals surface area contributed by atoms with Gasteiger partial charge in [-0.1, -0.05) is 11.8 Å². The van der Waals surface area contributed by atoms with Gasteiger partial charge in [0.1, 0.15) is 11.5 Å². The number of aliphatic hydroxyl groups is 1. The topological polar surface area (TPSA) is 73.1 Å². The summed E-state index contributed by atoms with van der Waals surface area (Å²) < 4.78 is 0. The molecule has 98 valence electrons. The summed E-state index contributed by atoms with van der Waals surface area (Å²) in [6.07, 6.45) is 0. The highest BCUT2D eigenvalue weighted by atomic mass is 32.1. The van der Waals surface area contributed by atoms with Crippen LogP contribution >= 0.6 is 11.3 Å². The molecule has 1 aromatic carbocycles. The van der Waals surface area contributed by atoms with Crippen molar-refractivity contribution < 1.29 is 9.90 Å². The third kappa shape index (κ3) is 3.24. The predicted molar refractivity (Wildman–Crippen MR) is 77.4 cm³/mol. The van der Waals surface area contributed by atoms with Crippen molar-refractivity contribution in [2.24, 2.45) is 0 Å². The van der Waals surface area contributed by atoms with Gasteiger partial charge < -0.3 is 10.4 Å². The van der Waals surface area contributed by atoms with Crippen LogP contribution in [0.1, 0.15) is 20.8 Å². The third-order valence-electron chi connectivity index (χ3n) is 2.45. The fraction of sp³-hybridized carbons (Fsp3) is 0.0667. The molecule has 0 aliphatic heterocycles. The van der Waals surface area contributed by atoms with Gasteiger partial charge in [0, 0.05) is 11.3 Å². The van der Waals surface area contributed by atoms with E-state index in [0.717, 1.165) is 0 Å². The van der Waals surface area contributed by atoms with Gasteiger partial charge in [-0.2, -0.15) is 5.26 Å². The summed E-state index contributed by atoms with van der Waals surface area (Å²) >= 11 is 1.29. The molecule has 4 nitrogen and oxygen atoms in total. The Morgan fingerprint density at radius 2 is 2.05 bits per heavy atom. The minimum Gasteiger partial charge on any atom is -0.384 e. The Labute approximate surface area is 120 Å². The standard InChI is InChI=1S/C15H10N2O2S/c16-10-11-3-5-13(6-4-11)17-15(19)14-12(2-1-8-18)7-9-20-14/h3-7,9,18H,8H2,(H,17,19). The maximum atomic E-state index is 12.1. The molecule has 0 atom stereocenters. The molecule has 0 aliphatic carbocycles. The molecule has 0 aliphatic rings. The first-order chi connectivity index (χ1) is 9.74. The van der Waals surface area contributed by atoms with Crippen molar-refractivity contribution in [2.75, 3.05) is 11.9 Å². The van der Waals surface area contributed by atoms with E-state index in [1.165, 1.54) is 11.3 Å². The summed E-state index contributed by atoms with van der Waals surface area (Å²) in [6.45, 7) is -0.244. The van der Waals surface area contributed by atoms with Crippen LogP contribution in [0.3, 0.4) is 0 Å². The number of benzene rings is 1. The van der Waals surface area contributed by atoms with Gasteiger partial charge in [-0.05, 0) is 35.7 Å². The molecule has 0 radical (unpaired) electrons. The summed E-state index contributed by atoms with van der Waals surface area (Å²) in [5.74, 6) is 5.00. The van der Waals surface area contributed by atoms with Crippen LogP contribution in [0.25, 0.3) is 0 Å². The van der Waals surface area contributed by atoms with Gasteiger partial charge in [0.2, 0.25) is 0 Å². The van der Waals surface area contributed by atoms with Crippen molar-refractivity contribution in [3.8, 4) is 17.9 Å². The number of hydrogen-bond acceptors (Lipinski definition) is 4. The van der Waals surface area contributed by atoms with Crippen LogP contribution in [0.2, 0.25) is 0 Å². The number of carbonyl (C=O) groups is 1. The van der Waals surface area contributed by atoms with E-state index in [2.05, 4.69) is 17.2 Å². The first-order valence-corrected chi connectivity index (χ1v) is 6.61. The van der Waals surface area contributed by atoms with Crippen LogP contribution in [-0.2, 0) is 0 Å². The van der Waals surface area contributed by atoms with E-state index >= 15 is 0 Å². The van der Waals surface area contributed by atoms with Gasteiger partial charge in [-0.3, -0.25) is 4.79 Å². The number of carbonyl (C=O) groups excluding carboxylic acids is 1. The lowest BCUT2D eigenvalue weighted by Crippen LogP contribution is -2.11. The van der Waals surface area contributed by atoms with E-state index in [1.54, 1.807) is 35.7 Å². The fourth-order valence-corrected chi connectivity index (χ4v) is 2.28. The van der Waals surface area contributed by atoms with Gasteiger partial charge in [-0.25, -0.2) is 0 Å². The average molecular weight is 282 g/mol. The number of nitrogens with zero attached hydrogens (tertiary/aromatic N) is 1. The monoisotopic (exact) mass is 282 g/mol. The number of amides is 1. The maximum Gasteiger partial charge on any atom is 0.267 e. The highest BCUT2D eigenvalue weighted by molar-refractivity contribution is 7.12. The van der Waals surface area contributed by atoms with Crippen LogP contribution in [0, 0.1) is 23.2 Å². The van der Waals surface area contributed by atoms with Gasteiger partial charge in [0.05, 0.1) is 11.6 Å². The average Bonchev–Trinajstić information content (AvgIpc) is 2.94. The van der Waals surface area contributed by atoms with E-state index in [9.17, 15) is 4.79 Å². The molecule has 0 fully saturated rings. The van der Waals surface area contributed by atoms with Gasteiger partial charge in [0.15, 0.2) is 0 Å². The number of thiophene rings is 1. The largest absolute Gasteiger partial charge is 0.384 e. The maximum absolute atomic E-state index is 12.1. The van der Waals surface area contributed by atoms with Gasteiger partial charge in [-0.15, -0.1) is 11.3 Å². The smallest absolute Gasteiger partial charge is 0.267 e. The first kappa shape index (κ1) is 13.8. The Morgan fingerprint density at radius 1 is 1.30 bits per heavy atom. The van der Waals surface area contributed by atoms with E-state index in [-0.39, 0.29) is 12.5 Å². The molecule has 5 heteroatoms. The molecular formula is C15H10N2O2S. The molecule has 20 heavy (non-hydrogen) atoms. The number of nitrogens with one attached hydrogen (secondary N) is 1. The van der Waals surface area contributed by atoms with Gasteiger partial charge in [0.25, 0.3) is 5.91 Å². The van der Waals surface area contributed by atoms with Crippen molar-refractivity contribution in [1.29, 1.82) is 5.26 Å². The van der Waals surface area contributed by atoms with E-state index in [0.29, 0.717) is 21.7 Å². The van der Waals surface area contributed by atoms with Crippen LogP contribution in [0.15, 0.2) is 35.7 Å². The third-order valence-corrected chi connectivity index (χ3v) is 3.36. The molecule has 0 saturated carbocycles. The minimum absolute atomic E-state index is 0.244. The van der Waals surface area contributed by atoms with Crippen molar-refractivity contribution >= 4 is 22.9 Å². The number of nitriles is 1. The minimum atomic E-state index is -0.257. The van der Waals surface area contributed by atoms with Crippen LogP contribution in [-0.4, -0.2) is 17.6 Å². The summed E-state index contributed by atoms with van der Waals surface area (Å²) in [4.78, 5) is 12.6. The van der Waals surface area contributed by atoms with E-state index < -0.39 is 0 Å². The lowest BCUT2D eigenvalue weighted by atomic mass is 10.2. The summed E-state index contributed by atoms with van der Waals surface area (Å²) in [6, 6.07) is 10.4. The molecule has 0 unspecified atom stereocenters. The molecule has 2 N–H and O–H groups in total. The van der Waals surface area contributed by atoms with Crippen molar-refractivity contribution in [2.45, 2.75) is 0 Å². The quantitative estimate of drug-likeness (QED) is 0.829. The highest BCUT2D eigenvalue weighted by Gasteiger charge is 2.12. The second kappa shape index (κ2) is 6.53. The molecule has 2 aromatic rings. The summed E-state index contributed by atoms with van der Waals surface area (Å²) in [5.41, 5.74) is 1.74. The number of aliphatic hydroxyl groups excluding tert-OH is 1. The van der Waals surface area contributed by atoms with Crippen molar-refractivity contribution in [3.05, 3.63) is 51.7 Å². The second-order valence-electron chi connectivity index (χ2n) is 3.77. The second-order valence-corrected chi connectivity index (χ2v) is 4.68. The number of rotatable bonds is 2. The van der Waals surface area contributed by atoms with Crippen LogP contribution < -0.4 is 5.32 Å². The Hall–Kier alpha value is -2.60. The Morgan fingerprint density at radius 3 is 2.70 bits per heavy atom. The zero-order chi connectivity index (χ0) is 14.4. The molecule has 0 bridgehead atoms. The lowest BCUT2D eigenvalue weighted by Gasteiger charge is -2.04. The van der Waals surface area contributed by atoms with Crippen LogP contribution in [0.4, 0.5) is 5.69 Å². The van der Waals surface area contributed by atoms with Crippen molar-refractivity contribution in [1.82, 2.24) is 0 Å². The molecule has 2 rings (SSSR count). The molecule has 1 aromatic heterocycles. The fourth-order valence-electron chi connectivity index (χ4n) is 1.53. The van der Waals surface area contributed by atoms with Gasteiger partial charge >= 0.3 is 0 Å². The number of anilines is 1. The highest BCUT2D eigenvalue weighted by Crippen LogP contribution is 2.18. The Kier molecular flexibility index (Phi) is 4.52. The summed E-state index contributed by atoms with van der Waals surface area (Å²) in [5, 5.41) is 21.9. The molecular weight excluding hydrogens is 272 g/mol. The zero-order valence-corrected chi connectivity index (χ0v) is 11.2. The van der Waals surface area contributed by atoms with Crippen LogP contribution in [0.5, 0.6) is 0 Å². The zero-order valence-electron chi connectivity index (χ0n) is 10.4. The Balaban J connectivity index is 2.16. The number of hydrogen-bond donors (Lipinski definition) is 2. The normalized spacial score (nSPS) is 9.20. The Bertz CT molecular complexity index is 715. The molecule has 1 heterocycles. The first-order valence-electron chi connectivity index (χ1n) is 5.73. The van der Waals surface area contributed by atoms with Crippen molar-refractivity contribution in [3.63, 3.8) is 0 Å². The molecule has 1 amide bonds. The summed E-state index contributed by atoms with van der Waals surface area (Å²) in [7, 11) is 0. The molecule has 0 spiro atoms. The SMILES string of the molecule is N#Cc1ccc(NC(=O)c2sccc2C#CCO)cc1. The van der Waals surface area contributed by atoms with E-state index in [1.807, 2.05) is 6.07 Å². The molecule has 0 saturated heterocycles. The lowest BCUT2D eigenvalue weighted by molar-refractivity contribution is 0.103. The predicted octanol–water partition coefficient (Wildman–Crippen LogP) is 2.22.